The van der Waals surface area contributed by atoms with Crippen molar-refractivity contribution in [3.05, 3.63) is 102 Å². The Bertz CT molecular complexity index is 886. The molecule has 3 aromatic rings. The van der Waals surface area contributed by atoms with E-state index in [0.717, 1.165) is 16.1 Å². The Morgan fingerprint density at radius 3 is 1.68 bits per heavy atom. The van der Waals surface area contributed by atoms with Crippen LogP contribution in [0.2, 0.25) is 0 Å². The molecule has 6 nitrogen and oxygen atoms in total. The molecule has 0 fully saturated rings. The van der Waals surface area contributed by atoms with Gasteiger partial charge in [0.15, 0.2) is 0 Å². The number of para-hydroxylation sites is 1. The summed E-state index contributed by atoms with van der Waals surface area (Å²) in [7, 11) is 0. The van der Waals surface area contributed by atoms with Crippen LogP contribution in [0.15, 0.2) is 91.0 Å². The maximum atomic E-state index is 12.6. The molecule has 3 aromatic carbocycles. The zero-order chi connectivity index (χ0) is 19.6. The molecule has 0 saturated carbocycles. The number of hydrogen-bond donors (Lipinski definition) is 1. The van der Waals surface area contributed by atoms with Crippen molar-refractivity contribution < 1.29 is 19.1 Å². The van der Waals surface area contributed by atoms with E-state index < -0.39 is 12.2 Å². The fourth-order valence-corrected chi connectivity index (χ4v) is 2.42. The van der Waals surface area contributed by atoms with E-state index in [4.69, 9.17) is 9.47 Å². The van der Waals surface area contributed by atoms with E-state index in [1.54, 1.807) is 24.3 Å². The van der Waals surface area contributed by atoms with Crippen LogP contribution in [0, 0.1) is 0 Å². The van der Waals surface area contributed by atoms with Crippen molar-refractivity contribution in [3.63, 3.8) is 0 Å². The molecule has 0 atom stereocenters. The van der Waals surface area contributed by atoms with E-state index in [1.807, 2.05) is 66.7 Å². The van der Waals surface area contributed by atoms with Gasteiger partial charge >= 0.3 is 12.2 Å². The zero-order valence-electron chi connectivity index (χ0n) is 15.2. The fraction of sp³-hybridized carbons (Fsp3) is 0.0909. The number of hydrazine groups is 1. The highest BCUT2D eigenvalue weighted by Gasteiger charge is 2.20. The highest BCUT2D eigenvalue weighted by molar-refractivity contribution is 5.90. The molecule has 6 heteroatoms. The third kappa shape index (κ3) is 5.60. The van der Waals surface area contributed by atoms with Crippen LogP contribution in [0.1, 0.15) is 11.1 Å². The van der Waals surface area contributed by atoms with Crippen LogP contribution in [0.25, 0.3) is 0 Å². The van der Waals surface area contributed by atoms with E-state index in [9.17, 15) is 9.59 Å². The molecule has 1 N–H and O–H groups in total. The minimum Gasteiger partial charge on any atom is -0.443 e. The summed E-state index contributed by atoms with van der Waals surface area (Å²) in [5.41, 5.74) is 4.58. The number of carbonyl (C=O) groups excluding carboxylic acids is 2. The number of hydrogen-bond acceptors (Lipinski definition) is 4. The topological polar surface area (TPSA) is 67.9 Å². The largest absolute Gasteiger partial charge is 0.443 e. The Balaban J connectivity index is 1.63. The van der Waals surface area contributed by atoms with Crippen molar-refractivity contribution in [2.45, 2.75) is 13.2 Å². The Morgan fingerprint density at radius 1 is 0.679 bits per heavy atom. The van der Waals surface area contributed by atoms with E-state index >= 15 is 0 Å². The molecule has 0 aliphatic heterocycles. The molecule has 28 heavy (non-hydrogen) atoms. The number of benzene rings is 3. The maximum Gasteiger partial charge on any atom is 0.433 e. The van der Waals surface area contributed by atoms with E-state index in [0.29, 0.717) is 5.69 Å². The number of amides is 2. The van der Waals surface area contributed by atoms with Crippen molar-refractivity contribution in [2.75, 3.05) is 5.01 Å². The molecule has 0 aliphatic rings. The molecular formula is C22H20N2O4. The van der Waals surface area contributed by atoms with Gasteiger partial charge in [0.2, 0.25) is 0 Å². The Hall–Kier alpha value is -3.80. The van der Waals surface area contributed by atoms with Crippen LogP contribution in [0.3, 0.4) is 0 Å². The summed E-state index contributed by atoms with van der Waals surface area (Å²) in [5.74, 6) is 0. The summed E-state index contributed by atoms with van der Waals surface area (Å²) in [6.45, 7) is 0.179. The number of nitrogens with one attached hydrogen (secondary N) is 1. The van der Waals surface area contributed by atoms with Crippen LogP contribution in [0.5, 0.6) is 0 Å². The van der Waals surface area contributed by atoms with Gasteiger partial charge in [0.25, 0.3) is 0 Å². The SMILES string of the molecule is O=C(NN(C(=O)OCc1ccccc1)c1ccccc1)OCc1ccccc1. The predicted octanol–water partition coefficient (Wildman–Crippen LogP) is 4.67. The van der Waals surface area contributed by atoms with Gasteiger partial charge in [-0.3, -0.25) is 0 Å². The molecule has 0 aliphatic carbocycles. The van der Waals surface area contributed by atoms with Crippen molar-refractivity contribution >= 4 is 17.9 Å². The molecule has 0 unspecified atom stereocenters. The van der Waals surface area contributed by atoms with E-state index in [2.05, 4.69) is 5.43 Å². The van der Waals surface area contributed by atoms with E-state index in [-0.39, 0.29) is 13.2 Å². The summed E-state index contributed by atoms with van der Waals surface area (Å²) in [6, 6.07) is 27.3. The fourth-order valence-electron chi connectivity index (χ4n) is 2.42. The molecule has 0 aromatic heterocycles. The third-order valence-electron chi connectivity index (χ3n) is 3.82. The zero-order valence-corrected chi connectivity index (χ0v) is 15.2. The lowest BCUT2D eigenvalue weighted by Crippen LogP contribution is -2.47. The summed E-state index contributed by atoms with van der Waals surface area (Å²) >= 11 is 0. The second kappa shape index (κ2) is 9.78. The average Bonchev–Trinajstić information content (AvgIpc) is 2.76. The van der Waals surface area contributed by atoms with Gasteiger partial charge in [-0.1, -0.05) is 78.9 Å². The van der Waals surface area contributed by atoms with Gasteiger partial charge in [0.05, 0.1) is 5.69 Å². The molecule has 0 bridgehead atoms. The maximum absolute atomic E-state index is 12.6. The van der Waals surface area contributed by atoms with Crippen LogP contribution < -0.4 is 10.4 Å². The van der Waals surface area contributed by atoms with Crippen LogP contribution in [-0.4, -0.2) is 12.2 Å². The molecule has 0 radical (unpaired) electrons. The average molecular weight is 376 g/mol. The number of nitrogens with zero attached hydrogens (tertiary/aromatic N) is 1. The second-order valence-corrected chi connectivity index (χ2v) is 5.88. The summed E-state index contributed by atoms with van der Waals surface area (Å²) in [5, 5.41) is 1.02. The van der Waals surface area contributed by atoms with Crippen LogP contribution in [0.4, 0.5) is 15.3 Å². The molecule has 142 valence electrons. The van der Waals surface area contributed by atoms with Gasteiger partial charge in [-0.15, -0.1) is 0 Å². The first kappa shape index (κ1) is 19.0. The van der Waals surface area contributed by atoms with Gasteiger partial charge in [0.1, 0.15) is 13.2 Å². The number of carbonyl (C=O) groups is 2. The Morgan fingerprint density at radius 2 is 1.14 bits per heavy atom. The lowest BCUT2D eigenvalue weighted by molar-refractivity contribution is 0.126. The first-order valence-electron chi connectivity index (χ1n) is 8.75. The number of ether oxygens (including phenoxy) is 2. The Labute approximate surface area is 163 Å². The van der Waals surface area contributed by atoms with Gasteiger partial charge < -0.3 is 9.47 Å². The highest BCUT2D eigenvalue weighted by atomic mass is 16.6. The van der Waals surface area contributed by atoms with Crippen LogP contribution in [-0.2, 0) is 22.7 Å². The van der Waals surface area contributed by atoms with Crippen molar-refractivity contribution in [1.29, 1.82) is 0 Å². The van der Waals surface area contributed by atoms with Gasteiger partial charge in [0, 0.05) is 0 Å². The molecule has 0 heterocycles. The van der Waals surface area contributed by atoms with Crippen molar-refractivity contribution in [1.82, 2.24) is 5.43 Å². The molecule has 0 saturated heterocycles. The number of rotatable bonds is 5. The first-order chi connectivity index (χ1) is 13.7. The minimum atomic E-state index is -0.760. The Kier molecular flexibility index (Phi) is 6.62. The monoisotopic (exact) mass is 376 g/mol. The summed E-state index contributed by atoms with van der Waals surface area (Å²) in [6.07, 6.45) is -1.48. The second-order valence-electron chi connectivity index (χ2n) is 5.88. The van der Waals surface area contributed by atoms with Crippen LogP contribution >= 0.6 is 0 Å². The predicted molar refractivity (Wildman–Crippen MR) is 105 cm³/mol. The van der Waals surface area contributed by atoms with Crippen molar-refractivity contribution in [3.8, 4) is 0 Å². The lowest BCUT2D eigenvalue weighted by atomic mass is 10.2. The van der Waals surface area contributed by atoms with Crippen molar-refractivity contribution in [2.24, 2.45) is 0 Å². The molecule has 2 amide bonds. The van der Waals surface area contributed by atoms with Gasteiger partial charge in [-0.2, -0.15) is 5.01 Å². The summed E-state index contributed by atoms with van der Waals surface area (Å²) < 4.78 is 10.5. The van der Waals surface area contributed by atoms with E-state index in [1.165, 1.54) is 0 Å². The first-order valence-corrected chi connectivity index (χ1v) is 8.75. The summed E-state index contributed by atoms with van der Waals surface area (Å²) in [4.78, 5) is 24.8. The highest BCUT2D eigenvalue weighted by Crippen LogP contribution is 2.14. The third-order valence-corrected chi connectivity index (χ3v) is 3.82. The minimum absolute atomic E-state index is 0.0871. The lowest BCUT2D eigenvalue weighted by Gasteiger charge is -2.22. The molecule has 0 spiro atoms. The smallest absolute Gasteiger partial charge is 0.433 e. The van der Waals surface area contributed by atoms with Gasteiger partial charge in [-0.25, -0.2) is 15.0 Å². The number of anilines is 1. The molecule has 3 rings (SSSR count). The normalized spacial score (nSPS) is 10.0. The quantitative estimate of drug-likeness (QED) is 0.657. The standard InChI is InChI=1S/C22H20N2O4/c25-21(27-16-18-10-4-1-5-11-18)23-24(20-14-8-3-9-15-20)22(26)28-17-19-12-6-2-7-13-19/h1-15H,16-17H2,(H,23,25). The van der Waals surface area contributed by atoms with Gasteiger partial charge in [-0.05, 0) is 23.3 Å². The molecular weight excluding hydrogens is 356 g/mol.